The lowest BCUT2D eigenvalue weighted by Crippen LogP contribution is -2.40. The SMILES string of the molecule is CCC(C)NC(=O)C(=O)Nc1ccc(N)cc1Cl. The predicted octanol–water partition coefficient (Wildman–Crippen LogP) is 1.78. The molecule has 0 radical (unpaired) electrons. The molecule has 0 heterocycles. The van der Waals surface area contributed by atoms with Gasteiger partial charge in [-0.25, -0.2) is 0 Å². The molecule has 1 aromatic rings. The molecule has 0 aromatic heterocycles. The molecule has 0 fully saturated rings. The Labute approximate surface area is 111 Å². The molecule has 5 nitrogen and oxygen atoms in total. The highest BCUT2D eigenvalue weighted by Gasteiger charge is 2.16. The number of hydrogen-bond acceptors (Lipinski definition) is 3. The highest BCUT2D eigenvalue weighted by atomic mass is 35.5. The van der Waals surface area contributed by atoms with Crippen molar-refractivity contribution in [1.29, 1.82) is 0 Å². The fraction of sp³-hybridized carbons (Fsp3) is 0.333. The molecule has 4 N–H and O–H groups in total. The van der Waals surface area contributed by atoms with Crippen LogP contribution >= 0.6 is 11.6 Å². The van der Waals surface area contributed by atoms with Gasteiger partial charge in [-0.15, -0.1) is 0 Å². The zero-order valence-corrected chi connectivity index (χ0v) is 11.0. The number of anilines is 2. The minimum Gasteiger partial charge on any atom is -0.399 e. The van der Waals surface area contributed by atoms with Crippen LogP contribution in [0.1, 0.15) is 20.3 Å². The zero-order chi connectivity index (χ0) is 13.7. The average molecular weight is 270 g/mol. The standard InChI is InChI=1S/C12H16ClN3O2/c1-3-7(2)15-11(17)12(18)16-10-5-4-8(14)6-9(10)13/h4-7H,3,14H2,1-2H3,(H,15,17)(H,16,18). The third-order valence-corrected chi connectivity index (χ3v) is 2.75. The van der Waals surface area contributed by atoms with Crippen LogP contribution in [0.5, 0.6) is 0 Å². The normalized spacial score (nSPS) is 11.7. The summed E-state index contributed by atoms with van der Waals surface area (Å²) in [6.45, 7) is 3.74. The van der Waals surface area contributed by atoms with Gasteiger partial charge in [0.05, 0.1) is 10.7 Å². The topological polar surface area (TPSA) is 84.2 Å². The number of hydrogen-bond donors (Lipinski definition) is 3. The minimum atomic E-state index is -0.748. The van der Waals surface area contributed by atoms with Crippen molar-refractivity contribution in [1.82, 2.24) is 5.32 Å². The molecule has 0 saturated carbocycles. The van der Waals surface area contributed by atoms with Crippen molar-refractivity contribution in [3.63, 3.8) is 0 Å². The molecular weight excluding hydrogens is 254 g/mol. The first-order valence-corrected chi connectivity index (χ1v) is 5.98. The van der Waals surface area contributed by atoms with Crippen LogP contribution in [0, 0.1) is 0 Å². The van der Waals surface area contributed by atoms with Gasteiger partial charge in [0.25, 0.3) is 0 Å². The third-order valence-electron chi connectivity index (χ3n) is 2.44. The molecule has 1 unspecified atom stereocenters. The Morgan fingerprint density at radius 1 is 1.39 bits per heavy atom. The highest BCUT2D eigenvalue weighted by Crippen LogP contribution is 2.23. The maximum absolute atomic E-state index is 11.6. The lowest BCUT2D eigenvalue weighted by molar-refractivity contribution is -0.136. The number of nitrogens with one attached hydrogen (secondary N) is 2. The van der Waals surface area contributed by atoms with E-state index < -0.39 is 11.8 Å². The minimum absolute atomic E-state index is 0.0508. The van der Waals surface area contributed by atoms with Crippen molar-refractivity contribution in [2.45, 2.75) is 26.3 Å². The summed E-state index contributed by atoms with van der Waals surface area (Å²) in [6.07, 6.45) is 0.752. The van der Waals surface area contributed by atoms with Crippen LogP contribution in [0.3, 0.4) is 0 Å². The van der Waals surface area contributed by atoms with Crippen LogP contribution in [0.4, 0.5) is 11.4 Å². The molecular formula is C12H16ClN3O2. The van der Waals surface area contributed by atoms with E-state index in [0.717, 1.165) is 6.42 Å². The van der Waals surface area contributed by atoms with Crippen molar-refractivity contribution in [3.05, 3.63) is 23.2 Å². The van der Waals surface area contributed by atoms with Gasteiger partial charge < -0.3 is 16.4 Å². The second-order valence-electron chi connectivity index (χ2n) is 3.98. The lowest BCUT2D eigenvalue weighted by Gasteiger charge is -2.11. The zero-order valence-electron chi connectivity index (χ0n) is 10.3. The molecule has 0 spiro atoms. The maximum atomic E-state index is 11.6. The molecule has 1 rings (SSSR count). The smallest absolute Gasteiger partial charge is 0.313 e. The van der Waals surface area contributed by atoms with E-state index in [1.54, 1.807) is 12.1 Å². The van der Waals surface area contributed by atoms with Crippen molar-refractivity contribution >= 4 is 34.8 Å². The molecule has 0 aliphatic heterocycles. The summed E-state index contributed by atoms with van der Waals surface area (Å²) in [5.41, 5.74) is 6.37. The summed E-state index contributed by atoms with van der Waals surface area (Å²) in [4.78, 5) is 23.1. The van der Waals surface area contributed by atoms with Gasteiger partial charge in [-0.3, -0.25) is 9.59 Å². The van der Waals surface area contributed by atoms with Crippen LogP contribution in [-0.2, 0) is 9.59 Å². The van der Waals surface area contributed by atoms with Crippen LogP contribution < -0.4 is 16.4 Å². The first kappa shape index (κ1) is 14.3. The van der Waals surface area contributed by atoms with Gasteiger partial charge in [0, 0.05) is 11.7 Å². The molecule has 0 saturated heterocycles. The first-order valence-electron chi connectivity index (χ1n) is 5.61. The fourth-order valence-electron chi connectivity index (χ4n) is 1.20. The van der Waals surface area contributed by atoms with E-state index >= 15 is 0 Å². The summed E-state index contributed by atoms with van der Waals surface area (Å²) in [5.74, 6) is -1.43. The van der Waals surface area contributed by atoms with E-state index in [1.165, 1.54) is 6.07 Å². The predicted molar refractivity (Wildman–Crippen MR) is 72.4 cm³/mol. The van der Waals surface area contributed by atoms with Crippen LogP contribution in [0.25, 0.3) is 0 Å². The summed E-state index contributed by atoms with van der Waals surface area (Å²) in [6, 6.07) is 4.59. The van der Waals surface area contributed by atoms with E-state index in [1.807, 2.05) is 13.8 Å². The molecule has 6 heteroatoms. The Morgan fingerprint density at radius 3 is 2.61 bits per heavy atom. The quantitative estimate of drug-likeness (QED) is 0.578. The summed E-state index contributed by atoms with van der Waals surface area (Å²) >= 11 is 5.88. The summed E-state index contributed by atoms with van der Waals surface area (Å²) < 4.78 is 0. The highest BCUT2D eigenvalue weighted by molar-refractivity contribution is 6.41. The Balaban J connectivity index is 2.67. The molecule has 98 valence electrons. The van der Waals surface area contributed by atoms with Gasteiger partial charge in [-0.1, -0.05) is 18.5 Å². The van der Waals surface area contributed by atoms with Gasteiger partial charge in [0.15, 0.2) is 0 Å². The van der Waals surface area contributed by atoms with Gasteiger partial charge in [0.1, 0.15) is 0 Å². The number of nitrogen functional groups attached to an aromatic ring is 1. The van der Waals surface area contributed by atoms with Crippen LogP contribution in [0.15, 0.2) is 18.2 Å². The van der Waals surface area contributed by atoms with Crippen LogP contribution in [0.2, 0.25) is 5.02 Å². The molecule has 1 atom stereocenters. The Kier molecular flexibility index (Phi) is 4.97. The van der Waals surface area contributed by atoms with Crippen LogP contribution in [-0.4, -0.2) is 17.9 Å². The number of amides is 2. The lowest BCUT2D eigenvalue weighted by atomic mass is 10.2. The number of nitrogens with two attached hydrogens (primary N) is 1. The Hall–Kier alpha value is -1.75. The van der Waals surface area contributed by atoms with Crippen molar-refractivity contribution < 1.29 is 9.59 Å². The maximum Gasteiger partial charge on any atom is 0.313 e. The van der Waals surface area contributed by atoms with E-state index in [9.17, 15) is 9.59 Å². The van der Waals surface area contributed by atoms with Crippen molar-refractivity contribution in [3.8, 4) is 0 Å². The number of carbonyl (C=O) groups excluding carboxylic acids is 2. The third kappa shape index (κ3) is 3.92. The monoisotopic (exact) mass is 269 g/mol. The summed E-state index contributed by atoms with van der Waals surface area (Å²) in [7, 11) is 0. The van der Waals surface area contributed by atoms with Gasteiger partial charge in [-0.05, 0) is 31.5 Å². The molecule has 18 heavy (non-hydrogen) atoms. The van der Waals surface area contributed by atoms with Gasteiger partial charge in [-0.2, -0.15) is 0 Å². The van der Waals surface area contributed by atoms with Gasteiger partial charge in [0.2, 0.25) is 0 Å². The molecule has 0 aliphatic rings. The Bertz CT molecular complexity index is 463. The fourth-order valence-corrected chi connectivity index (χ4v) is 1.44. The van der Waals surface area contributed by atoms with Gasteiger partial charge >= 0.3 is 11.8 Å². The number of benzene rings is 1. The largest absolute Gasteiger partial charge is 0.399 e. The van der Waals surface area contributed by atoms with E-state index in [4.69, 9.17) is 17.3 Å². The number of carbonyl (C=O) groups is 2. The second kappa shape index (κ2) is 6.26. The van der Waals surface area contributed by atoms with E-state index in [2.05, 4.69) is 10.6 Å². The molecule has 2 amide bonds. The van der Waals surface area contributed by atoms with E-state index in [0.29, 0.717) is 16.4 Å². The molecule has 0 bridgehead atoms. The number of halogens is 1. The van der Waals surface area contributed by atoms with E-state index in [-0.39, 0.29) is 6.04 Å². The Morgan fingerprint density at radius 2 is 2.06 bits per heavy atom. The molecule has 1 aromatic carbocycles. The van der Waals surface area contributed by atoms with Crippen molar-refractivity contribution in [2.75, 3.05) is 11.1 Å². The molecule has 0 aliphatic carbocycles. The summed E-state index contributed by atoms with van der Waals surface area (Å²) in [5, 5.41) is 5.28. The van der Waals surface area contributed by atoms with Crippen molar-refractivity contribution in [2.24, 2.45) is 0 Å². The number of rotatable bonds is 3. The second-order valence-corrected chi connectivity index (χ2v) is 4.38. The average Bonchev–Trinajstić information content (AvgIpc) is 2.32. The first-order chi connectivity index (χ1) is 8.43.